The second-order valence-electron chi connectivity index (χ2n) is 7.04. The third kappa shape index (κ3) is 2.56. The minimum Gasteiger partial charge on any atom is -0.399 e. The number of benzene rings is 1. The van der Waals surface area contributed by atoms with E-state index in [2.05, 4.69) is 0 Å². The third-order valence-electron chi connectivity index (χ3n) is 4.96. The van der Waals surface area contributed by atoms with Crippen LogP contribution in [-0.2, 0) is 14.1 Å². The van der Waals surface area contributed by atoms with Crippen molar-refractivity contribution < 1.29 is 22.9 Å². The van der Waals surface area contributed by atoms with Gasteiger partial charge in [0.25, 0.3) is 0 Å². The first-order valence-electron chi connectivity index (χ1n) is 7.78. The first-order chi connectivity index (χ1) is 10.6. The first kappa shape index (κ1) is 16.4. The lowest BCUT2D eigenvalue weighted by Crippen LogP contribution is -2.41. The number of amides is 1. The molecule has 1 aromatic rings. The van der Waals surface area contributed by atoms with E-state index in [9.17, 15) is 13.6 Å². The summed E-state index contributed by atoms with van der Waals surface area (Å²) in [6.07, 6.45) is 1.01. The van der Waals surface area contributed by atoms with Crippen molar-refractivity contribution >= 4 is 24.2 Å². The Morgan fingerprint density at radius 1 is 1.09 bits per heavy atom. The molecule has 0 aromatic heterocycles. The van der Waals surface area contributed by atoms with Crippen molar-refractivity contribution in [3.05, 3.63) is 23.8 Å². The van der Waals surface area contributed by atoms with Crippen LogP contribution in [-0.4, -0.2) is 30.8 Å². The molecule has 1 amide bonds. The van der Waals surface area contributed by atoms with Crippen LogP contribution in [0.1, 0.15) is 40.5 Å². The average molecular weight is 323 g/mol. The van der Waals surface area contributed by atoms with E-state index in [0.717, 1.165) is 0 Å². The average Bonchev–Trinajstić information content (AvgIpc) is 2.94. The highest BCUT2D eigenvalue weighted by molar-refractivity contribution is 6.62. The molecule has 2 fully saturated rings. The van der Waals surface area contributed by atoms with Gasteiger partial charge in [0, 0.05) is 18.4 Å². The van der Waals surface area contributed by atoms with Crippen molar-refractivity contribution in [2.24, 2.45) is 0 Å². The van der Waals surface area contributed by atoms with Gasteiger partial charge < -0.3 is 14.2 Å². The summed E-state index contributed by atoms with van der Waals surface area (Å²) in [5, 5.41) is 0. The van der Waals surface area contributed by atoms with E-state index in [1.54, 1.807) is 0 Å². The predicted molar refractivity (Wildman–Crippen MR) is 83.7 cm³/mol. The smallest absolute Gasteiger partial charge is 0.399 e. The van der Waals surface area contributed by atoms with Crippen LogP contribution < -0.4 is 10.4 Å². The number of hydrogen-bond donors (Lipinski definition) is 0. The van der Waals surface area contributed by atoms with Crippen molar-refractivity contribution in [2.75, 3.05) is 11.4 Å². The Morgan fingerprint density at radius 2 is 1.70 bits per heavy atom. The predicted octanol–water partition coefficient (Wildman–Crippen LogP) is 2.39. The Kier molecular flexibility index (Phi) is 3.76. The Labute approximate surface area is 134 Å². The molecule has 1 aromatic carbocycles. The van der Waals surface area contributed by atoms with Crippen molar-refractivity contribution in [3.8, 4) is 0 Å². The van der Waals surface area contributed by atoms with E-state index in [4.69, 9.17) is 9.31 Å². The zero-order valence-electron chi connectivity index (χ0n) is 13.8. The molecule has 0 spiro atoms. The van der Waals surface area contributed by atoms with E-state index in [0.29, 0.717) is 19.4 Å². The van der Waals surface area contributed by atoms with Crippen LogP contribution >= 0.6 is 0 Å². The topological polar surface area (TPSA) is 38.8 Å². The fourth-order valence-corrected chi connectivity index (χ4v) is 2.82. The Balaban J connectivity index is 1.94. The molecule has 23 heavy (non-hydrogen) atoms. The third-order valence-corrected chi connectivity index (χ3v) is 4.96. The molecule has 2 heterocycles. The molecule has 2 aliphatic rings. The van der Waals surface area contributed by atoms with Gasteiger partial charge in [-0.25, -0.2) is 8.78 Å². The molecule has 0 saturated carbocycles. The van der Waals surface area contributed by atoms with E-state index in [1.165, 1.54) is 17.0 Å². The molecule has 0 radical (unpaired) electrons. The van der Waals surface area contributed by atoms with Crippen LogP contribution in [0.25, 0.3) is 0 Å². The molecule has 7 heteroatoms. The van der Waals surface area contributed by atoms with Gasteiger partial charge in [-0.2, -0.15) is 0 Å². The normalized spacial score (nSPS) is 23.0. The maximum atomic E-state index is 14.5. The summed E-state index contributed by atoms with van der Waals surface area (Å²) in [5.41, 5.74) is -1.28. The maximum absolute atomic E-state index is 14.5. The molecule has 2 saturated heterocycles. The molecule has 2 aliphatic heterocycles. The first-order valence-corrected chi connectivity index (χ1v) is 7.78. The largest absolute Gasteiger partial charge is 0.497 e. The van der Waals surface area contributed by atoms with E-state index in [1.807, 2.05) is 27.7 Å². The second-order valence-corrected chi connectivity index (χ2v) is 7.04. The molecule has 3 rings (SSSR count). The van der Waals surface area contributed by atoms with Crippen molar-refractivity contribution in [3.63, 3.8) is 0 Å². The number of rotatable bonds is 2. The van der Waals surface area contributed by atoms with Gasteiger partial charge in [0.1, 0.15) is 0 Å². The van der Waals surface area contributed by atoms with Crippen LogP contribution in [0.15, 0.2) is 12.1 Å². The highest BCUT2D eigenvalue weighted by Crippen LogP contribution is 2.37. The number of halogens is 2. The van der Waals surface area contributed by atoms with Gasteiger partial charge in [-0.3, -0.25) is 4.79 Å². The summed E-state index contributed by atoms with van der Waals surface area (Å²) in [5.74, 6) is -2.25. The summed E-state index contributed by atoms with van der Waals surface area (Å²) in [7, 11) is -0.974. The highest BCUT2D eigenvalue weighted by Gasteiger charge is 2.52. The lowest BCUT2D eigenvalue weighted by Gasteiger charge is -2.32. The van der Waals surface area contributed by atoms with E-state index in [-0.39, 0.29) is 17.1 Å². The number of anilines is 1. The molecule has 4 nitrogen and oxygen atoms in total. The zero-order valence-corrected chi connectivity index (χ0v) is 13.8. The lowest BCUT2D eigenvalue weighted by atomic mass is 9.78. The van der Waals surface area contributed by atoms with Crippen LogP contribution in [0, 0.1) is 11.6 Å². The van der Waals surface area contributed by atoms with Crippen LogP contribution in [0.4, 0.5) is 14.5 Å². The minimum absolute atomic E-state index is 0.0107. The van der Waals surface area contributed by atoms with Gasteiger partial charge in [0.2, 0.25) is 5.91 Å². The minimum atomic E-state index is -1.03. The van der Waals surface area contributed by atoms with Gasteiger partial charge in [0.15, 0.2) is 11.6 Å². The number of nitrogens with zero attached hydrogens (tertiary/aromatic N) is 1. The standard InChI is InChI=1S/C16H20BF2NO3/c1-15(2)16(3,4)23-17(22-15)10-7-8-11(14(19)13(10)18)20-9-5-6-12(20)21/h7-8H,5-6,9H2,1-4H3. The monoisotopic (exact) mass is 323 g/mol. The maximum Gasteiger partial charge on any atom is 0.497 e. The molecule has 0 aliphatic carbocycles. The molecule has 0 N–H and O–H groups in total. The summed E-state index contributed by atoms with van der Waals surface area (Å²) < 4.78 is 40.5. The Bertz CT molecular complexity index is 647. The zero-order chi connectivity index (χ0) is 17.0. The summed E-state index contributed by atoms with van der Waals surface area (Å²) >= 11 is 0. The van der Waals surface area contributed by atoms with Crippen LogP contribution in [0.3, 0.4) is 0 Å². The van der Waals surface area contributed by atoms with Crippen LogP contribution in [0.2, 0.25) is 0 Å². The van der Waals surface area contributed by atoms with Crippen molar-refractivity contribution in [1.82, 2.24) is 0 Å². The number of carbonyl (C=O) groups excluding carboxylic acids is 1. The van der Waals surface area contributed by atoms with Gasteiger partial charge in [-0.15, -0.1) is 0 Å². The summed E-state index contributed by atoms with van der Waals surface area (Å²) in [4.78, 5) is 13.0. The van der Waals surface area contributed by atoms with Crippen molar-refractivity contribution in [2.45, 2.75) is 51.7 Å². The number of hydrogen-bond acceptors (Lipinski definition) is 3. The van der Waals surface area contributed by atoms with Gasteiger partial charge in [-0.1, -0.05) is 6.07 Å². The quantitative estimate of drug-likeness (QED) is 0.785. The molecular formula is C16H20BF2NO3. The molecule has 0 unspecified atom stereocenters. The van der Waals surface area contributed by atoms with Gasteiger partial charge in [-0.05, 0) is 40.2 Å². The van der Waals surface area contributed by atoms with Crippen molar-refractivity contribution in [1.29, 1.82) is 0 Å². The van der Waals surface area contributed by atoms with Crippen LogP contribution in [0.5, 0.6) is 0 Å². The molecule has 124 valence electrons. The summed E-state index contributed by atoms with van der Waals surface area (Å²) in [6.45, 7) is 7.79. The summed E-state index contributed by atoms with van der Waals surface area (Å²) in [6, 6.07) is 2.85. The van der Waals surface area contributed by atoms with E-state index >= 15 is 0 Å². The lowest BCUT2D eigenvalue weighted by molar-refractivity contribution is -0.117. The SMILES string of the molecule is CC1(C)OB(c2ccc(N3CCCC3=O)c(F)c2F)OC1(C)C. The fourth-order valence-electron chi connectivity index (χ4n) is 2.82. The Hall–Kier alpha value is -1.47. The van der Waals surface area contributed by atoms with Gasteiger partial charge >= 0.3 is 7.12 Å². The van der Waals surface area contributed by atoms with E-state index < -0.39 is 30.0 Å². The second kappa shape index (κ2) is 5.28. The molecule has 0 atom stereocenters. The highest BCUT2D eigenvalue weighted by atomic mass is 19.2. The number of carbonyl (C=O) groups is 1. The van der Waals surface area contributed by atoms with Gasteiger partial charge in [0.05, 0.1) is 16.9 Å². The Morgan fingerprint density at radius 3 is 2.22 bits per heavy atom. The molecule has 0 bridgehead atoms. The fraction of sp³-hybridized carbons (Fsp3) is 0.562. The molecular weight excluding hydrogens is 303 g/mol.